The molecule has 0 saturated carbocycles. The first-order valence-corrected chi connectivity index (χ1v) is 8.55. The second-order valence-corrected chi connectivity index (χ2v) is 6.02. The van der Waals surface area contributed by atoms with Gasteiger partial charge in [-0.05, 0) is 36.4 Å². The highest BCUT2D eigenvalue weighted by Gasteiger charge is 2.14. The molecule has 0 atom stereocenters. The molecule has 1 aliphatic rings. The van der Waals surface area contributed by atoms with Crippen molar-refractivity contribution in [1.82, 2.24) is 10.4 Å². The Labute approximate surface area is 164 Å². The largest absolute Gasteiger partial charge is 0.454 e. The van der Waals surface area contributed by atoms with E-state index in [9.17, 15) is 14.9 Å². The zero-order valence-electron chi connectivity index (χ0n) is 14.9. The van der Waals surface area contributed by atoms with Crippen LogP contribution in [0, 0.1) is 10.1 Å². The zero-order chi connectivity index (χ0) is 20.2. The molecule has 29 heavy (non-hydrogen) atoms. The fourth-order valence-electron chi connectivity index (χ4n) is 2.72. The molecule has 1 N–H and O–H groups in total. The molecule has 1 aromatic heterocycles. The van der Waals surface area contributed by atoms with Gasteiger partial charge in [-0.25, -0.2) is 10.4 Å². The van der Waals surface area contributed by atoms with Gasteiger partial charge in [0.05, 0.1) is 22.5 Å². The number of carbonyl (C=O) groups excluding carboxylic acids is 1. The minimum Gasteiger partial charge on any atom is -0.454 e. The summed E-state index contributed by atoms with van der Waals surface area (Å²) in [4.78, 5) is 26.8. The van der Waals surface area contributed by atoms with Crippen LogP contribution in [0.5, 0.6) is 11.5 Å². The summed E-state index contributed by atoms with van der Waals surface area (Å²) in [6.07, 6.45) is 1.39. The summed E-state index contributed by atoms with van der Waals surface area (Å²) in [5.74, 6) is 0.791. The van der Waals surface area contributed by atoms with E-state index in [0.717, 1.165) is 5.56 Å². The van der Waals surface area contributed by atoms with Crippen LogP contribution in [-0.4, -0.2) is 28.8 Å². The van der Waals surface area contributed by atoms with Gasteiger partial charge in [-0.2, -0.15) is 5.10 Å². The van der Waals surface area contributed by atoms with Crippen molar-refractivity contribution < 1.29 is 19.2 Å². The van der Waals surface area contributed by atoms with Gasteiger partial charge in [-0.1, -0.05) is 12.1 Å². The first kappa shape index (κ1) is 18.1. The van der Waals surface area contributed by atoms with Gasteiger partial charge in [0.25, 0.3) is 11.6 Å². The second kappa shape index (κ2) is 7.77. The maximum absolute atomic E-state index is 12.1. The first-order valence-electron chi connectivity index (χ1n) is 8.55. The number of nitrogens with one attached hydrogen (secondary N) is 1. The highest BCUT2D eigenvalue weighted by Crippen LogP contribution is 2.35. The van der Waals surface area contributed by atoms with Crippen molar-refractivity contribution in [2.75, 3.05) is 6.79 Å². The highest BCUT2D eigenvalue weighted by atomic mass is 16.7. The van der Waals surface area contributed by atoms with E-state index < -0.39 is 10.8 Å². The van der Waals surface area contributed by atoms with Gasteiger partial charge >= 0.3 is 0 Å². The van der Waals surface area contributed by atoms with Crippen LogP contribution in [0.4, 0.5) is 5.69 Å². The Hall–Kier alpha value is -4.27. The summed E-state index contributed by atoms with van der Waals surface area (Å²) < 4.78 is 10.7. The summed E-state index contributed by atoms with van der Waals surface area (Å²) in [5, 5.41) is 14.7. The maximum Gasteiger partial charge on any atom is 0.271 e. The molecular weight excluding hydrogens is 376 g/mol. The molecule has 2 heterocycles. The van der Waals surface area contributed by atoms with E-state index in [-0.39, 0.29) is 18.0 Å². The first-order chi connectivity index (χ1) is 14.1. The van der Waals surface area contributed by atoms with Gasteiger partial charge in [-0.3, -0.25) is 14.9 Å². The monoisotopic (exact) mass is 390 g/mol. The summed E-state index contributed by atoms with van der Waals surface area (Å²) >= 11 is 0. The molecule has 0 bridgehead atoms. The number of ether oxygens (including phenoxy) is 2. The van der Waals surface area contributed by atoms with Gasteiger partial charge in [-0.15, -0.1) is 0 Å². The van der Waals surface area contributed by atoms with Gasteiger partial charge in [0.15, 0.2) is 11.5 Å². The molecule has 0 aliphatic carbocycles. The number of carbonyl (C=O) groups is 1. The van der Waals surface area contributed by atoms with Gasteiger partial charge in [0.1, 0.15) is 0 Å². The lowest BCUT2D eigenvalue weighted by molar-refractivity contribution is -0.384. The molecule has 9 heteroatoms. The number of rotatable bonds is 5. The summed E-state index contributed by atoms with van der Waals surface area (Å²) in [5.41, 5.74) is 4.39. The van der Waals surface area contributed by atoms with E-state index in [0.29, 0.717) is 22.9 Å². The Balaban J connectivity index is 1.47. The fourth-order valence-corrected chi connectivity index (χ4v) is 2.72. The summed E-state index contributed by atoms with van der Waals surface area (Å²) in [7, 11) is 0. The molecule has 0 saturated heterocycles. The quantitative estimate of drug-likeness (QED) is 0.406. The lowest BCUT2D eigenvalue weighted by atomic mass is 10.1. The molecule has 0 radical (unpaired) electrons. The van der Waals surface area contributed by atoms with E-state index in [1.54, 1.807) is 6.07 Å². The number of hydrazone groups is 1. The highest BCUT2D eigenvalue weighted by molar-refractivity contribution is 5.95. The molecule has 1 aliphatic heterocycles. The third-order valence-corrected chi connectivity index (χ3v) is 4.12. The van der Waals surface area contributed by atoms with Gasteiger partial charge in [0.2, 0.25) is 6.79 Å². The van der Waals surface area contributed by atoms with Crippen molar-refractivity contribution in [3.8, 4) is 22.8 Å². The third-order valence-electron chi connectivity index (χ3n) is 4.12. The van der Waals surface area contributed by atoms with Gasteiger partial charge < -0.3 is 9.47 Å². The number of nitro groups is 1. The van der Waals surface area contributed by atoms with Crippen molar-refractivity contribution in [1.29, 1.82) is 0 Å². The van der Waals surface area contributed by atoms with Crippen LogP contribution < -0.4 is 14.9 Å². The Morgan fingerprint density at radius 3 is 2.79 bits per heavy atom. The predicted octanol–water partition coefficient (Wildman–Crippen LogP) is 3.15. The van der Waals surface area contributed by atoms with Crippen molar-refractivity contribution in [3.05, 3.63) is 82.0 Å². The molecule has 9 nitrogen and oxygen atoms in total. The molecule has 0 spiro atoms. The lowest BCUT2D eigenvalue weighted by Crippen LogP contribution is -2.17. The molecule has 4 rings (SSSR count). The number of non-ortho nitro benzene ring substituents is 1. The summed E-state index contributed by atoms with van der Waals surface area (Å²) in [6, 6.07) is 16.3. The average molecular weight is 390 g/mol. The van der Waals surface area contributed by atoms with Crippen molar-refractivity contribution in [3.63, 3.8) is 0 Å². The van der Waals surface area contributed by atoms with Crippen LogP contribution in [0.1, 0.15) is 16.1 Å². The van der Waals surface area contributed by atoms with Crippen LogP contribution in [0.2, 0.25) is 0 Å². The minimum absolute atomic E-state index is 0.137. The average Bonchev–Trinajstić information content (AvgIpc) is 3.22. The SMILES string of the molecule is O=C(N/N=C/c1cccc(-c2ccc3c(c2)OCO3)n1)c1cccc([N+](=O)[O-])c1. The Morgan fingerprint density at radius 2 is 1.93 bits per heavy atom. The number of hydrogen-bond acceptors (Lipinski definition) is 7. The number of amides is 1. The van der Waals surface area contributed by atoms with Crippen LogP contribution in [0.25, 0.3) is 11.3 Å². The Kier molecular flexibility index (Phi) is 4.85. The van der Waals surface area contributed by atoms with Crippen molar-refractivity contribution in [2.45, 2.75) is 0 Å². The predicted molar refractivity (Wildman–Crippen MR) is 104 cm³/mol. The summed E-state index contributed by atoms with van der Waals surface area (Å²) in [6.45, 7) is 0.198. The number of nitro benzene ring substituents is 1. The molecular formula is C20H14N4O5. The molecule has 0 fully saturated rings. The Bertz CT molecular complexity index is 1130. The number of hydrogen-bond donors (Lipinski definition) is 1. The smallest absolute Gasteiger partial charge is 0.271 e. The molecule has 1 amide bonds. The minimum atomic E-state index is -0.564. The Morgan fingerprint density at radius 1 is 1.10 bits per heavy atom. The number of nitrogens with zero attached hydrogens (tertiary/aromatic N) is 3. The number of benzene rings is 2. The number of aromatic nitrogens is 1. The van der Waals surface area contributed by atoms with Gasteiger partial charge in [0, 0.05) is 23.3 Å². The number of fused-ring (bicyclic) bond motifs is 1. The topological polar surface area (TPSA) is 116 Å². The van der Waals surface area contributed by atoms with Crippen LogP contribution >= 0.6 is 0 Å². The zero-order valence-corrected chi connectivity index (χ0v) is 14.9. The van der Waals surface area contributed by atoms with Crippen molar-refractivity contribution >= 4 is 17.8 Å². The standard InChI is InChI=1S/C20H14N4O5/c25-20(14-3-1-5-16(9-14)24(26)27)23-21-11-15-4-2-6-17(22-15)13-7-8-18-19(10-13)29-12-28-18/h1-11H,12H2,(H,23,25)/b21-11+. The van der Waals surface area contributed by atoms with E-state index in [2.05, 4.69) is 15.5 Å². The van der Waals surface area contributed by atoms with Crippen LogP contribution in [0.3, 0.4) is 0 Å². The van der Waals surface area contributed by atoms with E-state index in [1.165, 1.54) is 30.5 Å². The molecule has 2 aromatic carbocycles. The van der Waals surface area contributed by atoms with Crippen molar-refractivity contribution in [2.24, 2.45) is 5.10 Å². The van der Waals surface area contributed by atoms with E-state index >= 15 is 0 Å². The maximum atomic E-state index is 12.1. The van der Waals surface area contributed by atoms with E-state index in [1.807, 2.05) is 30.3 Å². The molecule has 3 aromatic rings. The fraction of sp³-hybridized carbons (Fsp3) is 0.0500. The normalized spacial score (nSPS) is 12.1. The molecule has 0 unspecified atom stereocenters. The third kappa shape index (κ3) is 4.03. The second-order valence-electron chi connectivity index (χ2n) is 6.02. The van der Waals surface area contributed by atoms with Crippen LogP contribution in [-0.2, 0) is 0 Å². The number of pyridine rings is 1. The van der Waals surface area contributed by atoms with Crippen LogP contribution in [0.15, 0.2) is 65.8 Å². The lowest BCUT2D eigenvalue weighted by Gasteiger charge is -2.04. The molecule has 144 valence electrons. The van der Waals surface area contributed by atoms with E-state index in [4.69, 9.17) is 9.47 Å².